The summed E-state index contributed by atoms with van der Waals surface area (Å²) in [7, 11) is 0. The topological polar surface area (TPSA) is 12.4 Å². The van der Waals surface area contributed by atoms with Gasteiger partial charge in [0, 0.05) is 17.5 Å². The number of hydrogen-bond donors (Lipinski definition) is 0. The molecule has 0 unspecified atom stereocenters. The molecule has 1 heterocycles. The Morgan fingerprint density at radius 2 is 2.09 bits per heavy atom. The third kappa shape index (κ3) is 1.21. The van der Waals surface area contributed by atoms with E-state index in [1.54, 1.807) is 6.21 Å². The van der Waals surface area contributed by atoms with E-state index in [1.165, 1.54) is 5.56 Å². The smallest absolute Gasteiger partial charge is 0.0665 e. The molecule has 1 aliphatic rings. The molecule has 1 aromatic carbocycles. The number of rotatable bonds is 0. The Labute approximate surface area is 70.8 Å². The highest BCUT2D eigenvalue weighted by atomic mass is 32.1. The van der Waals surface area contributed by atoms with Crippen LogP contribution in [0.3, 0.4) is 0 Å². The van der Waals surface area contributed by atoms with Crippen LogP contribution in [-0.4, -0.2) is 11.1 Å². The Balaban J connectivity index is 2.54. The second-order valence-electron chi connectivity index (χ2n) is 2.53. The van der Waals surface area contributed by atoms with Gasteiger partial charge in [0.15, 0.2) is 0 Å². The molecule has 1 aliphatic heterocycles. The molecule has 0 bridgehead atoms. The third-order valence-corrected chi connectivity index (χ3v) is 1.95. The Morgan fingerprint density at radius 1 is 1.27 bits per heavy atom. The third-order valence-electron chi connectivity index (χ3n) is 1.70. The van der Waals surface area contributed by atoms with Gasteiger partial charge in [-0.25, -0.2) is 0 Å². The van der Waals surface area contributed by atoms with E-state index in [2.05, 4.69) is 11.1 Å². The van der Waals surface area contributed by atoms with Gasteiger partial charge < -0.3 is 0 Å². The first kappa shape index (κ1) is 6.68. The van der Waals surface area contributed by atoms with Crippen LogP contribution < -0.4 is 0 Å². The largest absolute Gasteiger partial charge is 0.255 e. The van der Waals surface area contributed by atoms with E-state index in [1.807, 2.05) is 18.2 Å². The van der Waals surface area contributed by atoms with Gasteiger partial charge in [-0.2, -0.15) is 0 Å². The molecule has 1 aromatic rings. The van der Waals surface area contributed by atoms with Gasteiger partial charge >= 0.3 is 0 Å². The van der Waals surface area contributed by atoms with Crippen molar-refractivity contribution in [2.75, 3.05) is 0 Å². The fourth-order valence-corrected chi connectivity index (χ4v) is 1.37. The minimum atomic E-state index is 0.870. The predicted octanol–water partition coefficient (Wildman–Crippen LogP) is 2.31. The normalized spacial score (nSPS) is 14.7. The van der Waals surface area contributed by atoms with Gasteiger partial charge in [0.2, 0.25) is 0 Å². The van der Waals surface area contributed by atoms with Crippen LogP contribution in [0.2, 0.25) is 0 Å². The Hall–Kier alpha value is -1.02. The van der Waals surface area contributed by atoms with Crippen molar-refractivity contribution >= 4 is 29.0 Å². The summed E-state index contributed by atoms with van der Waals surface area (Å²) in [6.45, 7) is 0. The van der Waals surface area contributed by atoms with Gasteiger partial charge in [-0.1, -0.05) is 30.4 Å². The Bertz CT molecular complexity index is 328. The first-order chi connectivity index (χ1) is 5.36. The quantitative estimate of drug-likeness (QED) is 0.532. The molecule has 0 spiro atoms. The van der Waals surface area contributed by atoms with E-state index < -0.39 is 0 Å². The molecular weight excluding hydrogens is 154 g/mol. The van der Waals surface area contributed by atoms with Crippen LogP contribution in [-0.2, 0) is 6.42 Å². The monoisotopic (exact) mass is 161 g/mol. The zero-order valence-electron chi connectivity index (χ0n) is 5.95. The van der Waals surface area contributed by atoms with Gasteiger partial charge in [0.1, 0.15) is 0 Å². The molecule has 2 heteroatoms. The fourth-order valence-electron chi connectivity index (χ4n) is 1.16. The van der Waals surface area contributed by atoms with Crippen LogP contribution in [0.4, 0.5) is 5.69 Å². The minimum absolute atomic E-state index is 0.870. The van der Waals surface area contributed by atoms with Gasteiger partial charge in [0.05, 0.1) is 5.69 Å². The minimum Gasteiger partial charge on any atom is -0.255 e. The van der Waals surface area contributed by atoms with E-state index in [9.17, 15) is 0 Å². The van der Waals surface area contributed by atoms with E-state index in [4.69, 9.17) is 12.2 Å². The van der Waals surface area contributed by atoms with E-state index in [0.717, 1.165) is 17.0 Å². The molecule has 0 amide bonds. The highest BCUT2D eigenvalue weighted by molar-refractivity contribution is 7.81. The molecular formula is C9H7NS. The standard InChI is InChI=1S/C9H7NS/c11-8-5-7-3-1-2-4-9(7)10-6-8/h1-4,6H,5H2. The van der Waals surface area contributed by atoms with Gasteiger partial charge in [-0.05, 0) is 11.6 Å². The fraction of sp³-hybridized carbons (Fsp3) is 0.111. The van der Waals surface area contributed by atoms with Gasteiger partial charge in [-0.15, -0.1) is 0 Å². The van der Waals surface area contributed by atoms with E-state index in [-0.39, 0.29) is 0 Å². The number of benzene rings is 1. The summed E-state index contributed by atoms with van der Waals surface area (Å²) >= 11 is 5.03. The van der Waals surface area contributed by atoms with Crippen molar-refractivity contribution in [3.8, 4) is 0 Å². The van der Waals surface area contributed by atoms with Crippen molar-refractivity contribution in [2.24, 2.45) is 4.99 Å². The predicted molar refractivity (Wildman–Crippen MR) is 50.9 cm³/mol. The first-order valence-electron chi connectivity index (χ1n) is 3.51. The van der Waals surface area contributed by atoms with Crippen molar-refractivity contribution < 1.29 is 0 Å². The van der Waals surface area contributed by atoms with Crippen molar-refractivity contribution in [3.63, 3.8) is 0 Å². The van der Waals surface area contributed by atoms with E-state index in [0.29, 0.717) is 0 Å². The molecule has 0 saturated heterocycles. The summed E-state index contributed by atoms with van der Waals surface area (Å²) in [5, 5.41) is 0. The summed E-state index contributed by atoms with van der Waals surface area (Å²) in [6, 6.07) is 8.08. The lowest BCUT2D eigenvalue weighted by molar-refractivity contribution is 1.31. The number of aliphatic imine (C=N–C) groups is 1. The first-order valence-corrected chi connectivity index (χ1v) is 3.92. The maximum Gasteiger partial charge on any atom is 0.0665 e. The zero-order valence-corrected chi connectivity index (χ0v) is 6.77. The molecule has 0 aliphatic carbocycles. The maximum atomic E-state index is 5.03. The number of thiocarbonyl (C=S) groups is 1. The second-order valence-corrected chi connectivity index (χ2v) is 3.05. The van der Waals surface area contributed by atoms with Gasteiger partial charge in [-0.3, -0.25) is 4.99 Å². The molecule has 2 rings (SSSR count). The number of fused-ring (bicyclic) bond motifs is 1. The molecule has 11 heavy (non-hydrogen) atoms. The number of para-hydroxylation sites is 1. The number of hydrogen-bond acceptors (Lipinski definition) is 2. The van der Waals surface area contributed by atoms with Crippen molar-refractivity contribution in [3.05, 3.63) is 29.8 Å². The average Bonchev–Trinajstić information content (AvgIpc) is 2.04. The van der Waals surface area contributed by atoms with E-state index >= 15 is 0 Å². The van der Waals surface area contributed by atoms with Crippen molar-refractivity contribution in [1.29, 1.82) is 0 Å². The molecule has 0 saturated carbocycles. The molecule has 0 aromatic heterocycles. The molecule has 1 nitrogen and oxygen atoms in total. The highest BCUT2D eigenvalue weighted by Gasteiger charge is 2.06. The summed E-state index contributed by atoms with van der Waals surface area (Å²) in [5.41, 5.74) is 2.29. The molecule has 54 valence electrons. The van der Waals surface area contributed by atoms with Crippen molar-refractivity contribution in [1.82, 2.24) is 0 Å². The number of nitrogens with zero attached hydrogens (tertiary/aromatic N) is 1. The van der Waals surface area contributed by atoms with Crippen LogP contribution in [0.5, 0.6) is 0 Å². The lowest BCUT2D eigenvalue weighted by Crippen LogP contribution is -2.05. The Kier molecular flexibility index (Phi) is 1.55. The highest BCUT2D eigenvalue weighted by Crippen LogP contribution is 2.21. The molecule has 0 atom stereocenters. The van der Waals surface area contributed by atoms with Crippen LogP contribution in [0.1, 0.15) is 5.56 Å². The lowest BCUT2D eigenvalue weighted by Gasteiger charge is -2.08. The average molecular weight is 161 g/mol. The van der Waals surface area contributed by atoms with Crippen LogP contribution in [0.15, 0.2) is 29.3 Å². The van der Waals surface area contributed by atoms with Crippen LogP contribution >= 0.6 is 12.2 Å². The van der Waals surface area contributed by atoms with Crippen LogP contribution in [0.25, 0.3) is 0 Å². The summed E-state index contributed by atoms with van der Waals surface area (Å²) in [6.07, 6.45) is 2.63. The SMILES string of the molecule is S=C1C=Nc2ccccc2C1. The summed E-state index contributed by atoms with van der Waals surface area (Å²) in [4.78, 5) is 5.13. The molecule has 0 fully saturated rings. The van der Waals surface area contributed by atoms with Gasteiger partial charge in [0.25, 0.3) is 0 Å². The molecule has 0 radical (unpaired) electrons. The Morgan fingerprint density at radius 3 is 3.00 bits per heavy atom. The van der Waals surface area contributed by atoms with Crippen molar-refractivity contribution in [2.45, 2.75) is 6.42 Å². The second kappa shape index (κ2) is 2.55. The lowest BCUT2D eigenvalue weighted by atomic mass is 10.1. The zero-order chi connectivity index (χ0) is 7.68. The summed E-state index contributed by atoms with van der Waals surface area (Å²) < 4.78 is 0. The maximum absolute atomic E-state index is 5.03. The molecule has 0 N–H and O–H groups in total. The van der Waals surface area contributed by atoms with Crippen LogP contribution in [0, 0.1) is 0 Å². The summed E-state index contributed by atoms with van der Waals surface area (Å²) in [5.74, 6) is 0.